The molecule has 1 saturated carbocycles. The second kappa shape index (κ2) is 6.00. The lowest BCUT2D eigenvalue weighted by Gasteiger charge is -2.27. The van der Waals surface area contributed by atoms with Gasteiger partial charge in [-0.15, -0.1) is 0 Å². The van der Waals surface area contributed by atoms with Crippen LogP contribution in [0, 0.1) is 5.92 Å². The van der Waals surface area contributed by atoms with Crippen molar-refractivity contribution < 1.29 is 13.6 Å². The van der Waals surface area contributed by atoms with Crippen LogP contribution < -0.4 is 11.1 Å². The minimum absolute atomic E-state index is 0.0519. The fourth-order valence-electron chi connectivity index (χ4n) is 1.99. The number of alkyl halides is 2. The van der Waals surface area contributed by atoms with Gasteiger partial charge in [0.2, 0.25) is 5.91 Å². The largest absolute Gasteiger partial charge is 0.350 e. The minimum Gasteiger partial charge on any atom is -0.350 e. The predicted molar refractivity (Wildman–Crippen MR) is 53.6 cm³/mol. The molecule has 1 rings (SSSR count). The van der Waals surface area contributed by atoms with Crippen LogP contribution >= 0.6 is 0 Å². The van der Waals surface area contributed by atoms with Crippen LogP contribution in [0.25, 0.3) is 0 Å². The minimum atomic E-state index is -2.48. The van der Waals surface area contributed by atoms with Crippen molar-refractivity contribution in [1.29, 1.82) is 0 Å². The van der Waals surface area contributed by atoms with E-state index in [0.717, 1.165) is 25.7 Å². The molecular formula is C10H18F2N2O. The molecule has 88 valence electrons. The van der Waals surface area contributed by atoms with Crippen molar-refractivity contribution in [2.75, 3.05) is 6.54 Å². The van der Waals surface area contributed by atoms with E-state index in [-0.39, 0.29) is 24.3 Å². The third-order valence-electron chi connectivity index (χ3n) is 2.87. The van der Waals surface area contributed by atoms with Crippen LogP contribution in [0.1, 0.15) is 32.1 Å². The molecule has 2 atom stereocenters. The maximum Gasteiger partial charge on any atom is 0.255 e. The third kappa shape index (κ3) is 4.55. The van der Waals surface area contributed by atoms with Gasteiger partial charge in [0.1, 0.15) is 0 Å². The zero-order chi connectivity index (χ0) is 11.3. The highest BCUT2D eigenvalue weighted by atomic mass is 19.3. The van der Waals surface area contributed by atoms with Crippen LogP contribution in [0.15, 0.2) is 0 Å². The van der Waals surface area contributed by atoms with Crippen LogP contribution in [0.2, 0.25) is 0 Å². The molecule has 1 aliphatic carbocycles. The van der Waals surface area contributed by atoms with E-state index in [1.54, 1.807) is 0 Å². The van der Waals surface area contributed by atoms with Crippen LogP contribution in [0.5, 0.6) is 0 Å². The summed E-state index contributed by atoms with van der Waals surface area (Å²) >= 11 is 0. The molecule has 15 heavy (non-hydrogen) atoms. The Balaban J connectivity index is 2.24. The zero-order valence-corrected chi connectivity index (χ0v) is 8.72. The second-order valence-electron chi connectivity index (χ2n) is 4.11. The van der Waals surface area contributed by atoms with Gasteiger partial charge >= 0.3 is 0 Å². The van der Waals surface area contributed by atoms with Gasteiger partial charge in [0.15, 0.2) is 0 Å². The third-order valence-corrected chi connectivity index (χ3v) is 2.87. The topological polar surface area (TPSA) is 55.1 Å². The van der Waals surface area contributed by atoms with Crippen molar-refractivity contribution in [1.82, 2.24) is 5.32 Å². The normalized spacial score (nSPS) is 26.7. The first-order chi connectivity index (χ1) is 7.09. The number of carbonyl (C=O) groups is 1. The van der Waals surface area contributed by atoms with Gasteiger partial charge in [-0.1, -0.05) is 12.8 Å². The molecule has 0 aromatic rings. The summed E-state index contributed by atoms with van der Waals surface area (Å²) in [4.78, 5) is 11.3. The van der Waals surface area contributed by atoms with Gasteiger partial charge in [0.05, 0.1) is 6.54 Å². The first-order valence-electron chi connectivity index (χ1n) is 5.40. The van der Waals surface area contributed by atoms with E-state index in [1.807, 2.05) is 0 Å². The molecule has 5 heteroatoms. The summed E-state index contributed by atoms with van der Waals surface area (Å²) in [5.74, 6) is -0.144. The summed E-state index contributed by atoms with van der Waals surface area (Å²) in [7, 11) is 0. The summed E-state index contributed by atoms with van der Waals surface area (Å²) in [5.41, 5.74) is 5.86. The summed E-state index contributed by atoms with van der Waals surface area (Å²) < 4.78 is 23.6. The fourth-order valence-corrected chi connectivity index (χ4v) is 1.99. The van der Waals surface area contributed by atoms with E-state index in [1.165, 1.54) is 0 Å². The molecule has 2 unspecified atom stereocenters. The number of carbonyl (C=O) groups excluding carboxylic acids is 1. The number of nitrogens with one attached hydrogen (secondary N) is 1. The second-order valence-corrected chi connectivity index (χ2v) is 4.11. The summed E-state index contributed by atoms with van der Waals surface area (Å²) in [6.45, 7) is -0.555. The van der Waals surface area contributed by atoms with Crippen molar-refractivity contribution in [3.63, 3.8) is 0 Å². The van der Waals surface area contributed by atoms with Crippen LogP contribution in [0.4, 0.5) is 8.78 Å². The van der Waals surface area contributed by atoms with E-state index in [4.69, 9.17) is 5.73 Å². The van der Waals surface area contributed by atoms with Gasteiger partial charge in [0, 0.05) is 12.5 Å². The Hall–Kier alpha value is -0.710. The Morgan fingerprint density at radius 3 is 2.67 bits per heavy atom. The molecule has 0 aromatic carbocycles. The molecule has 0 aliphatic heterocycles. The Morgan fingerprint density at radius 2 is 2.07 bits per heavy atom. The highest BCUT2D eigenvalue weighted by molar-refractivity contribution is 5.76. The van der Waals surface area contributed by atoms with Gasteiger partial charge in [-0.3, -0.25) is 4.79 Å². The quantitative estimate of drug-likeness (QED) is 0.749. The molecule has 3 N–H and O–H groups in total. The molecule has 0 bridgehead atoms. The van der Waals surface area contributed by atoms with Crippen molar-refractivity contribution >= 4 is 5.91 Å². The van der Waals surface area contributed by atoms with Gasteiger partial charge in [-0.2, -0.15) is 0 Å². The van der Waals surface area contributed by atoms with Crippen molar-refractivity contribution in [2.45, 2.75) is 44.6 Å². The summed E-state index contributed by atoms with van der Waals surface area (Å²) in [6, 6.07) is 0.0519. The fraction of sp³-hybridized carbons (Fsp3) is 0.900. The van der Waals surface area contributed by atoms with Gasteiger partial charge in [-0.05, 0) is 18.8 Å². The Labute approximate surface area is 88.4 Å². The molecule has 1 aliphatic rings. The molecule has 0 radical (unpaired) electrons. The number of hydrogen-bond donors (Lipinski definition) is 2. The molecular weight excluding hydrogens is 202 g/mol. The predicted octanol–water partition coefficient (Wildman–Crippen LogP) is 1.28. The molecule has 0 aromatic heterocycles. The van der Waals surface area contributed by atoms with Gasteiger partial charge < -0.3 is 11.1 Å². The Bertz CT molecular complexity index is 212. The van der Waals surface area contributed by atoms with E-state index in [9.17, 15) is 13.6 Å². The Morgan fingerprint density at radius 1 is 1.40 bits per heavy atom. The van der Waals surface area contributed by atoms with Gasteiger partial charge in [0.25, 0.3) is 6.43 Å². The first kappa shape index (κ1) is 12.4. The standard InChI is InChI=1S/C10H18F2N2O/c11-9(12)6-14-10(15)5-7-3-1-2-4-8(7)13/h7-9H,1-6,13H2,(H,14,15). The number of rotatable bonds is 4. The zero-order valence-electron chi connectivity index (χ0n) is 8.72. The lowest BCUT2D eigenvalue weighted by Crippen LogP contribution is -2.38. The molecule has 1 fully saturated rings. The maximum absolute atomic E-state index is 11.8. The smallest absolute Gasteiger partial charge is 0.255 e. The summed E-state index contributed by atoms with van der Waals surface area (Å²) in [5, 5.41) is 2.21. The molecule has 1 amide bonds. The van der Waals surface area contributed by atoms with E-state index < -0.39 is 13.0 Å². The SMILES string of the molecule is NC1CCCCC1CC(=O)NCC(F)F. The van der Waals surface area contributed by atoms with Crippen LogP contribution in [-0.2, 0) is 4.79 Å². The van der Waals surface area contributed by atoms with Crippen molar-refractivity contribution in [3.05, 3.63) is 0 Å². The van der Waals surface area contributed by atoms with E-state index in [0.29, 0.717) is 0 Å². The molecule has 0 saturated heterocycles. The van der Waals surface area contributed by atoms with Crippen LogP contribution in [-0.4, -0.2) is 24.9 Å². The number of amides is 1. The molecule has 0 heterocycles. The van der Waals surface area contributed by atoms with Crippen molar-refractivity contribution in [3.8, 4) is 0 Å². The van der Waals surface area contributed by atoms with Crippen LogP contribution in [0.3, 0.4) is 0 Å². The monoisotopic (exact) mass is 220 g/mol. The number of hydrogen-bond acceptors (Lipinski definition) is 2. The van der Waals surface area contributed by atoms with Gasteiger partial charge in [-0.25, -0.2) is 8.78 Å². The van der Waals surface area contributed by atoms with E-state index >= 15 is 0 Å². The average Bonchev–Trinajstić information content (AvgIpc) is 2.18. The number of nitrogens with two attached hydrogens (primary N) is 1. The Kier molecular flexibility index (Phi) is 4.94. The number of halogens is 2. The summed E-state index contributed by atoms with van der Waals surface area (Å²) in [6.07, 6.45) is 1.87. The highest BCUT2D eigenvalue weighted by Gasteiger charge is 2.24. The molecule has 0 spiro atoms. The average molecular weight is 220 g/mol. The maximum atomic E-state index is 11.8. The lowest BCUT2D eigenvalue weighted by molar-refractivity contribution is -0.123. The lowest BCUT2D eigenvalue weighted by atomic mass is 9.83. The highest BCUT2D eigenvalue weighted by Crippen LogP contribution is 2.25. The first-order valence-corrected chi connectivity index (χ1v) is 5.40. The van der Waals surface area contributed by atoms with Crippen molar-refractivity contribution in [2.24, 2.45) is 11.7 Å². The molecule has 3 nitrogen and oxygen atoms in total. The van der Waals surface area contributed by atoms with E-state index in [2.05, 4.69) is 5.32 Å².